The van der Waals surface area contributed by atoms with Gasteiger partial charge in [-0.3, -0.25) is 0 Å². The zero-order chi connectivity index (χ0) is 13.1. The second-order valence-electron chi connectivity index (χ2n) is 4.15. The molecular weight excluding hydrogens is 271 g/mol. The van der Waals surface area contributed by atoms with Crippen LogP contribution in [0.1, 0.15) is 36.5 Å². The van der Waals surface area contributed by atoms with E-state index in [9.17, 15) is 0 Å². The molecule has 0 saturated carbocycles. The molecule has 5 heteroatoms. The lowest BCUT2D eigenvalue weighted by molar-refractivity contribution is 0.420. The van der Waals surface area contributed by atoms with E-state index in [2.05, 4.69) is 17.1 Å². The highest BCUT2D eigenvalue weighted by molar-refractivity contribution is 6.33. The molecule has 0 spiro atoms. The van der Waals surface area contributed by atoms with Gasteiger partial charge in [-0.1, -0.05) is 42.2 Å². The van der Waals surface area contributed by atoms with Gasteiger partial charge in [-0.15, -0.1) is 11.6 Å². The zero-order valence-electron chi connectivity index (χ0n) is 10.3. The molecule has 0 radical (unpaired) electrons. The van der Waals surface area contributed by atoms with Crippen LogP contribution in [0, 0.1) is 6.92 Å². The number of hydrogen-bond donors (Lipinski definition) is 0. The first kappa shape index (κ1) is 13.4. The van der Waals surface area contributed by atoms with E-state index in [1.807, 2.05) is 25.1 Å². The maximum atomic E-state index is 6.22. The largest absolute Gasteiger partial charge is 0.334 e. The molecule has 0 saturated heterocycles. The highest BCUT2D eigenvalue weighted by atomic mass is 35.5. The topological polar surface area (TPSA) is 38.9 Å². The van der Waals surface area contributed by atoms with E-state index in [0.717, 1.165) is 24.0 Å². The van der Waals surface area contributed by atoms with Crippen molar-refractivity contribution in [1.29, 1.82) is 0 Å². The quantitative estimate of drug-likeness (QED) is 0.759. The van der Waals surface area contributed by atoms with Gasteiger partial charge < -0.3 is 4.52 Å². The molecule has 1 aromatic heterocycles. The van der Waals surface area contributed by atoms with Gasteiger partial charge in [0.1, 0.15) is 0 Å². The van der Waals surface area contributed by atoms with Crippen molar-refractivity contribution in [2.24, 2.45) is 0 Å². The second-order valence-corrected chi connectivity index (χ2v) is 5.06. The van der Waals surface area contributed by atoms with Crippen molar-refractivity contribution in [2.45, 2.75) is 32.1 Å². The Balaban J connectivity index is 2.32. The van der Waals surface area contributed by atoms with E-state index < -0.39 is 0 Å². The fourth-order valence-electron chi connectivity index (χ4n) is 1.67. The first-order chi connectivity index (χ1) is 8.63. The van der Waals surface area contributed by atoms with Crippen LogP contribution < -0.4 is 0 Å². The van der Waals surface area contributed by atoms with Gasteiger partial charge in [-0.05, 0) is 25.0 Å². The summed E-state index contributed by atoms with van der Waals surface area (Å²) in [6.45, 7) is 4.00. The Labute approximate surface area is 116 Å². The molecule has 1 atom stereocenters. The lowest BCUT2D eigenvalue weighted by atomic mass is 10.1. The average Bonchev–Trinajstić information content (AvgIpc) is 2.82. The molecule has 0 bridgehead atoms. The van der Waals surface area contributed by atoms with Gasteiger partial charge in [0.25, 0.3) is 5.89 Å². The van der Waals surface area contributed by atoms with Crippen molar-refractivity contribution in [3.63, 3.8) is 0 Å². The molecule has 2 rings (SSSR count). The fraction of sp³-hybridized carbons (Fsp3) is 0.385. The molecule has 2 aromatic rings. The molecule has 0 N–H and O–H groups in total. The summed E-state index contributed by atoms with van der Waals surface area (Å²) >= 11 is 12.4. The van der Waals surface area contributed by atoms with Crippen LogP contribution in [0.4, 0.5) is 0 Å². The van der Waals surface area contributed by atoms with Crippen molar-refractivity contribution in [3.05, 3.63) is 34.6 Å². The Morgan fingerprint density at radius 1 is 1.39 bits per heavy atom. The third-order valence-corrected chi connectivity index (χ3v) is 3.60. The van der Waals surface area contributed by atoms with E-state index in [1.54, 1.807) is 0 Å². The number of nitrogens with zero attached hydrogens (tertiary/aromatic N) is 2. The minimum Gasteiger partial charge on any atom is -0.334 e. The summed E-state index contributed by atoms with van der Waals surface area (Å²) in [5.74, 6) is 0.937. The zero-order valence-corrected chi connectivity index (χ0v) is 11.8. The number of alkyl halides is 1. The minimum absolute atomic E-state index is 0.212. The Morgan fingerprint density at radius 2 is 2.17 bits per heavy atom. The number of benzene rings is 1. The van der Waals surface area contributed by atoms with Crippen LogP contribution in [0.5, 0.6) is 0 Å². The fourth-order valence-corrected chi connectivity index (χ4v) is 2.18. The normalized spacial score (nSPS) is 12.7. The number of aromatic nitrogens is 2. The van der Waals surface area contributed by atoms with Gasteiger partial charge in [0.05, 0.1) is 16.0 Å². The van der Waals surface area contributed by atoms with Gasteiger partial charge in [0.15, 0.2) is 5.82 Å². The highest BCUT2D eigenvalue weighted by Crippen LogP contribution is 2.31. The van der Waals surface area contributed by atoms with Crippen LogP contribution in [-0.2, 0) is 0 Å². The number of halogens is 2. The first-order valence-electron chi connectivity index (χ1n) is 5.86. The van der Waals surface area contributed by atoms with Crippen molar-refractivity contribution in [1.82, 2.24) is 10.1 Å². The van der Waals surface area contributed by atoms with Crippen LogP contribution in [0.3, 0.4) is 0 Å². The highest BCUT2D eigenvalue weighted by Gasteiger charge is 2.17. The van der Waals surface area contributed by atoms with Crippen LogP contribution in [0.25, 0.3) is 11.5 Å². The van der Waals surface area contributed by atoms with Gasteiger partial charge in [0, 0.05) is 0 Å². The maximum Gasteiger partial charge on any atom is 0.259 e. The van der Waals surface area contributed by atoms with E-state index in [-0.39, 0.29) is 5.38 Å². The van der Waals surface area contributed by atoms with Crippen molar-refractivity contribution in [2.75, 3.05) is 0 Å². The summed E-state index contributed by atoms with van der Waals surface area (Å²) < 4.78 is 5.22. The lowest BCUT2D eigenvalue weighted by Gasteiger charge is -2.01. The molecule has 1 unspecified atom stereocenters. The number of aryl methyl sites for hydroxylation is 1. The summed E-state index contributed by atoms with van der Waals surface area (Å²) in [4.78, 5) is 4.31. The van der Waals surface area contributed by atoms with Gasteiger partial charge in [-0.25, -0.2) is 0 Å². The maximum absolute atomic E-state index is 6.22. The number of rotatable bonds is 4. The molecule has 3 nitrogen and oxygen atoms in total. The third kappa shape index (κ3) is 2.68. The van der Waals surface area contributed by atoms with Gasteiger partial charge >= 0.3 is 0 Å². The Morgan fingerprint density at radius 3 is 2.89 bits per heavy atom. The lowest BCUT2D eigenvalue weighted by Crippen LogP contribution is -1.92. The predicted molar refractivity (Wildman–Crippen MR) is 73.0 cm³/mol. The van der Waals surface area contributed by atoms with E-state index in [1.165, 1.54) is 0 Å². The monoisotopic (exact) mass is 284 g/mol. The predicted octanol–water partition coefficient (Wildman–Crippen LogP) is 4.78. The third-order valence-electron chi connectivity index (χ3n) is 2.69. The van der Waals surface area contributed by atoms with E-state index in [4.69, 9.17) is 27.7 Å². The Bertz CT molecular complexity index is 540. The van der Waals surface area contributed by atoms with Crippen LogP contribution in [-0.4, -0.2) is 10.1 Å². The second kappa shape index (κ2) is 5.72. The summed E-state index contributed by atoms with van der Waals surface area (Å²) in [6.07, 6.45) is 1.80. The molecule has 96 valence electrons. The molecular formula is C13H14Cl2N2O. The average molecular weight is 285 g/mol. The molecule has 0 aliphatic rings. The van der Waals surface area contributed by atoms with Crippen LogP contribution >= 0.6 is 23.2 Å². The molecule has 0 amide bonds. The van der Waals surface area contributed by atoms with Crippen LogP contribution in [0.2, 0.25) is 5.02 Å². The van der Waals surface area contributed by atoms with Gasteiger partial charge in [0.2, 0.25) is 0 Å². The van der Waals surface area contributed by atoms with Crippen molar-refractivity contribution >= 4 is 23.2 Å². The summed E-state index contributed by atoms with van der Waals surface area (Å²) in [5, 5.41) is 4.33. The Hall–Kier alpha value is -1.06. The molecule has 18 heavy (non-hydrogen) atoms. The van der Waals surface area contributed by atoms with Crippen molar-refractivity contribution in [3.8, 4) is 11.5 Å². The molecule has 0 fully saturated rings. The summed E-state index contributed by atoms with van der Waals surface area (Å²) in [6, 6.07) is 5.70. The number of hydrogen-bond acceptors (Lipinski definition) is 3. The molecule has 1 heterocycles. The smallest absolute Gasteiger partial charge is 0.259 e. The SMILES string of the molecule is CCCC(Cl)c1noc(-c2cccc(C)c2Cl)n1. The first-order valence-corrected chi connectivity index (χ1v) is 6.68. The van der Waals surface area contributed by atoms with E-state index in [0.29, 0.717) is 16.7 Å². The summed E-state index contributed by atoms with van der Waals surface area (Å²) in [7, 11) is 0. The van der Waals surface area contributed by atoms with Crippen molar-refractivity contribution < 1.29 is 4.52 Å². The molecule has 0 aliphatic heterocycles. The van der Waals surface area contributed by atoms with E-state index >= 15 is 0 Å². The molecule has 1 aromatic carbocycles. The van der Waals surface area contributed by atoms with Gasteiger partial charge in [-0.2, -0.15) is 4.98 Å². The van der Waals surface area contributed by atoms with Crippen LogP contribution in [0.15, 0.2) is 22.7 Å². The molecule has 0 aliphatic carbocycles. The summed E-state index contributed by atoms with van der Waals surface area (Å²) in [5.41, 5.74) is 1.72. The standard InChI is InChI=1S/C13H14Cl2N2O/c1-3-5-10(14)12-16-13(18-17-12)9-7-4-6-8(2)11(9)15/h4,6-7,10H,3,5H2,1-2H3. The minimum atomic E-state index is -0.212. The Kier molecular flexibility index (Phi) is 4.25.